The van der Waals surface area contributed by atoms with E-state index in [9.17, 15) is 14.4 Å². The lowest BCUT2D eigenvalue weighted by Gasteiger charge is -2.18. The van der Waals surface area contributed by atoms with Crippen molar-refractivity contribution < 1.29 is 28.6 Å². The fourth-order valence-corrected chi connectivity index (χ4v) is 8.72. The lowest BCUT2D eigenvalue weighted by Crippen LogP contribution is -2.30. The second kappa shape index (κ2) is 58.7. The van der Waals surface area contributed by atoms with Crippen LogP contribution in [0.5, 0.6) is 0 Å². The van der Waals surface area contributed by atoms with Crippen molar-refractivity contribution in [2.75, 3.05) is 13.2 Å². The Labute approximate surface area is 434 Å². The molecule has 0 aliphatic heterocycles. The molecule has 0 rings (SSSR count). The molecule has 0 spiro atoms. The van der Waals surface area contributed by atoms with Crippen LogP contribution in [0.2, 0.25) is 0 Å². The lowest BCUT2D eigenvalue weighted by molar-refractivity contribution is -0.167. The van der Waals surface area contributed by atoms with Crippen LogP contribution in [-0.4, -0.2) is 37.2 Å². The molecule has 6 heteroatoms. The fourth-order valence-electron chi connectivity index (χ4n) is 8.72. The van der Waals surface area contributed by atoms with Crippen LogP contribution in [0.25, 0.3) is 0 Å². The maximum Gasteiger partial charge on any atom is 0.306 e. The van der Waals surface area contributed by atoms with Gasteiger partial charge in [-0.3, -0.25) is 14.4 Å². The molecule has 1 atom stereocenters. The summed E-state index contributed by atoms with van der Waals surface area (Å²) in [6.45, 7) is 6.53. The van der Waals surface area contributed by atoms with Crippen molar-refractivity contribution in [3.63, 3.8) is 0 Å². The SMILES string of the molecule is CC/C=C\C/C=C\C/C=C\CCCCCCCC(=O)OCC(COC(=O)CCCCCCCCCCC/C=C\C/C=C\CCCCC)OC(=O)CCCCCCCCCCCCCCCCCCCC. The third-order valence-electron chi connectivity index (χ3n) is 13.3. The van der Waals surface area contributed by atoms with Gasteiger partial charge in [-0.15, -0.1) is 0 Å². The van der Waals surface area contributed by atoms with Crippen molar-refractivity contribution >= 4 is 17.9 Å². The molecule has 0 aromatic carbocycles. The molecule has 0 radical (unpaired) electrons. The second-order valence-corrected chi connectivity index (χ2v) is 20.2. The number of rotatable bonds is 55. The maximum atomic E-state index is 12.9. The van der Waals surface area contributed by atoms with Gasteiger partial charge < -0.3 is 14.2 Å². The van der Waals surface area contributed by atoms with Gasteiger partial charge >= 0.3 is 17.9 Å². The minimum absolute atomic E-state index is 0.0794. The minimum atomic E-state index is -0.782. The van der Waals surface area contributed by atoms with Crippen LogP contribution in [-0.2, 0) is 28.6 Å². The van der Waals surface area contributed by atoms with E-state index < -0.39 is 6.10 Å². The Kier molecular flexibility index (Phi) is 56.3. The monoisotopic (exact) mass is 979 g/mol. The Morgan fingerprint density at radius 1 is 0.300 bits per heavy atom. The van der Waals surface area contributed by atoms with E-state index in [0.717, 1.165) is 103 Å². The van der Waals surface area contributed by atoms with Crippen LogP contribution in [0.1, 0.15) is 310 Å². The molecule has 0 amide bonds. The second-order valence-electron chi connectivity index (χ2n) is 20.2. The van der Waals surface area contributed by atoms with Gasteiger partial charge in [0.15, 0.2) is 6.10 Å². The molecule has 0 saturated heterocycles. The van der Waals surface area contributed by atoms with E-state index in [4.69, 9.17) is 14.2 Å². The van der Waals surface area contributed by atoms with Gasteiger partial charge in [-0.1, -0.05) is 268 Å². The van der Waals surface area contributed by atoms with Crippen LogP contribution >= 0.6 is 0 Å². The Hall–Kier alpha value is -2.89. The summed E-state index contributed by atoms with van der Waals surface area (Å²) >= 11 is 0. The summed E-state index contributed by atoms with van der Waals surface area (Å²) < 4.78 is 16.9. The molecule has 0 saturated carbocycles. The van der Waals surface area contributed by atoms with E-state index >= 15 is 0 Å². The summed E-state index contributed by atoms with van der Waals surface area (Å²) in [5, 5.41) is 0. The van der Waals surface area contributed by atoms with Crippen LogP contribution in [0.15, 0.2) is 60.8 Å². The molecule has 1 unspecified atom stereocenters. The molecule has 0 aliphatic carbocycles. The van der Waals surface area contributed by atoms with Crippen molar-refractivity contribution in [2.45, 2.75) is 316 Å². The van der Waals surface area contributed by atoms with Gasteiger partial charge in [0.1, 0.15) is 13.2 Å². The van der Waals surface area contributed by atoms with Crippen molar-refractivity contribution in [1.29, 1.82) is 0 Å². The van der Waals surface area contributed by atoms with E-state index in [1.165, 1.54) is 167 Å². The Morgan fingerprint density at radius 3 is 0.900 bits per heavy atom. The van der Waals surface area contributed by atoms with E-state index in [-0.39, 0.29) is 31.1 Å². The van der Waals surface area contributed by atoms with E-state index in [1.54, 1.807) is 0 Å². The van der Waals surface area contributed by atoms with E-state index in [0.29, 0.717) is 19.3 Å². The first-order valence-corrected chi connectivity index (χ1v) is 30.3. The zero-order valence-electron chi connectivity index (χ0n) is 46.5. The molecule has 406 valence electrons. The Balaban J connectivity index is 4.36. The number of allylic oxidation sites excluding steroid dienone is 10. The standard InChI is InChI=1S/C64H114O6/c1-4-7-10-13-16-19-22-25-28-30-32-34-36-39-42-45-48-51-54-57-63(66)69-60-61(59-68-62(65)56-53-50-47-44-41-38-35-27-24-21-18-15-12-9-6-3)70-64(67)58-55-52-49-46-43-40-37-33-31-29-26-23-20-17-14-11-8-5-2/h9,12,16,18-19,21,25,27-28,35,61H,4-8,10-11,13-15,17,20,22-24,26,29-34,36-60H2,1-3H3/b12-9-,19-16-,21-18-,28-25-,35-27-. The van der Waals surface area contributed by atoms with Gasteiger partial charge in [0.25, 0.3) is 0 Å². The summed E-state index contributed by atoms with van der Waals surface area (Å²) in [7, 11) is 0. The summed E-state index contributed by atoms with van der Waals surface area (Å²) in [5.74, 6) is -0.884. The van der Waals surface area contributed by atoms with Gasteiger partial charge in [0, 0.05) is 19.3 Å². The predicted octanol–water partition coefficient (Wildman–Crippen LogP) is 20.4. The third kappa shape index (κ3) is 56.0. The van der Waals surface area contributed by atoms with Crippen LogP contribution < -0.4 is 0 Å². The lowest BCUT2D eigenvalue weighted by atomic mass is 10.0. The highest BCUT2D eigenvalue weighted by molar-refractivity contribution is 5.71. The molecule has 70 heavy (non-hydrogen) atoms. The highest BCUT2D eigenvalue weighted by Crippen LogP contribution is 2.17. The zero-order chi connectivity index (χ0) is 50.7. The topological polar surface area (TPSA) is 78.9 Å². The first-order chi connectivity index (χ1) is 34.5. The van der Waals surface area contributed by atoms with Crippen LogP contribution in [0.3, 0.4) is 0 Å². The molecule has 0 N–H and O–H groups in total. The fraction of sp³-hybridized carbons (Fsp3) is 0.797. The molecular weight excluding hydrogens is 865 g/mol. The van der Waals surface area contributed by atoms with Crippen molar-refractivity contribution in [2.24, 2.45) is 0 Å². The molecule has 0 aromatic heterocycles. The minimum Gasteiger partial charge on any atom is -0.462 e. The summed E-state index contributed by atoms with van der Waals surface area (Å²) in [4.78, 5) is 38.2. The van der Waals surface area contributed by atoms with Gasteiger partial charge in [-0.2, -0.15) is 0 Å². The molecule has 0 fully saturated rings. The normalized spacial score (nSPS) is 12.4. The highest BCUT2D eigenvalue weighted by Gasteiger charge is 2.19. The quantitative estimate of drug-likeness (QED) is 0.0261. The van der Waals surface area contributed by atoms with Crippen LogP contribution in [0, 0.1) is 0 Å². The largest absolute Gasteiger partial charge is 0.462 e. The summed E-state index contributed by atoms with van der Waals surface area (Å²) in [5.41, 5.74) is 0. The molecule has 0 aromatic rings. The zero-order valence-corrected chi connectivity index (χ0v) is 46.5. The summed E-state index contributed by atoms with van der Waals surface area (Å²) in [6.07, 6.45) is 73.6. The molecular formula is C64H114O6. The number of unbranched alkanes of at least 4 members (excludes halogenated alkanes) is 34. The molecule has 0 bridgehead atoms. The van der Waals surface area contributed by atoms with Gasteiger partial charge in [-0.25, -0.2) is 0 Å². The van der Waals surface area contributed by atoms with Gasteiger partial charge in [0.05, 0.1) is 0 Å². The molecule has 0 aliphatic rings. The number of ether oxygens (including phenoxy) is 3. The number of carbonyl (C=O) groups is 3. The van der Waals surface area contributed by atoms with Crippen molar-refractivity contribution in [1.82, 2.24) is 0 Å². The number of hydrogen-bond acceptors (Lipinski definition) is 6. The molecule has 0 heterocycles. The third-order valence-corrected chi connectivity index (χ3v) is 13.3. The van der Waals surface area contributed by atoms with E-state index in [2.05, 4.69) is 81.5 Å². The number of carbonyl (C=O) groups excluding carboxylic acids is 3. The smallest absolute Gasteiger partial charge is 0.306 e. The first kappa shape index (κ1) is 67.1. The van der Waals surface area contributed by atoms with Gasteiger partial charge in [-0.05, 0) is 83.5 Å². The Morgan fingerprint density at radius 2 is 0.557 bits per heavy atom. The van der Waals surface area contributed by atoms with Crippen LogP contribution in [0.4, 0.5) is 0 Å². The van der Waals surface area contributed by atoms with E-state index in [1.807, 2.05) is 0 Å². The maximum absolute atomic E-state index is 12.9. The average molecular weight is 980 g/mol. The number of esters is 3. The van der Waals surface area contributed by atoms with Crippen molar-refractivity contribution in [3.05, 3.63) is 60.8 Å². The van der Waals surface area contributed by atoms with Crippen molar-refractivity contribution in [3.8, 4) is 0 Å². The predicted molar refractivity (Wildman–Crippen MR) is 302 cm³/mol. The summed E-state index contributed by atoms with van der Waals surface area (Å²) in [6, 6.07) is 0. The number of hydrogen-bond donors (Lipinski definition) is 0. The molecule has 6 nitrogen and oxygen atoms in total. The first-order valence-electron chi connectivity index (χ1n) is 30.3. The Bertz CT molecular complexity index is 1260. The highest BCUT2D eigenvalue weighted by atomic mass is 16.6. The van der Waals surface area contributed by atoms with Gasteiger partial charge in [0.2, 0.25) is 0 Å². The average Bonchev–Trinajstić information content (AvgIpc) is 3.36.